The van der Waals surface area contributed by atoms with Gasteiger partial charge in [0.1, 0.15) is 11.8 Å². The minimum absolute atomic E-state index is 0.0254. The van der Waals surface area contributed by atoms with Gasteiger partial charge in [0, 0.05) is 18.4 Å². The van der Waals surface area contributed by atoms with Crippen LogP contribution < -0.4 is 10.2 Å². The predicted octanol–water partition coefficient (Wildman–Crippen LogP) is 6.70. The Kier molecular flexibility index (Phi) is 8.79. The van der Waals surface area contributed by atoms with Gasteiger partial charge < -0.3 is 4.74 Å². The summed E-state index contributed by atoms with van der Waals surface area (Å²) in [6.07, 6.45) is 5.10. The maximum Gasteiger partial charge on any atom is 0.409 e. The van der Waals surface area contributed by atoms with Crippen molar-refractivity contribution < 1.29 is 22.7 Å². The maximum absolute atomic E-state index is 13.9. The summed E-state index contributed by atoms with van der Waals surface area (Å²) in [6.45, 7) is 2.78. The summed E-state index contributed by atoms with van der Waals surface area (Å²) in [7, 11) is 0. The Morgan fingerprint density at radius 3 is 2.41 bits per heavy atom. The van der Waals surface area contributed by atoms with Crippen molar-refractivity contribution in [1.29, 1.82) is 0 Å². The molecule has 1 saturated heterocycles. The lowest BCUT2D eigenvalue weighted by atomic mass is 10.0. The summed E-state index contributed by atoms with van der Waals surface area (Å²) < 4.78 is 47.6. The van der Waals surface area contributed by atoms with Crippen LogP contribution >= 0.6 is 0 Å². The van der Waals surface area contributed by atoms with Gasteiger partial charge >= 0.3 is 6.18 Å². The standard InChI is InChI=1S/C25H33F3N2O2/c1-2-3-4-5-6-7-8-9-17-32-22-12-10-11-19-13-14-20(18-21(19)22)24(25(26,27)28)30-16-15-23(31)29-30/h10-14,18,24H,2-9,15-17H2,1H3,(H,29,31). The number of nitrogens with zero attached hydrogens (tertiary/aromatic N) is 1. The number of halogens is 3. The van der Waals surface area contributed by atoms with E-state index in [4.69, 9.17) is 4.74 Å². The molecule has 2 aromatic rings. The molecule has 0 spiro atoms. The number of benzene rings is 2. The highest BCUT2D eigenvalue weighted by Crippen LogP contribution is 2.40. The fourth-order valence-electron chi connectivity index (χ4n) is 4.21. The van der Waals surface area contributed by atoms with E-state index < -0.39 is 18.1 Å². The molecule has 1 unspecified atom stereocenters. The molecule has 176 valence electrons. The predicted molar refractivity (Wildman–Crippen MR) is 120 cm³/mol. The highest BCUT2D eigenvalue weighted by molar-refractivity contribution is 5.89. The Morgan fingerprint density at radius 1 is 1.03 bits per heavy atom. The molecule has 1 fully saturated rings. The average Bonchev–Trinajstić information content (AvgIpc) is 3.17. The van der Waals surface area contributed by atoms with Gasteiger partial charge in [0.15, 0.2) is 0 Å². The zero-order valence-electron chi connectivity index (χ0n) is 18.7. The third-order valence-electron chi connectivity index (χ3n) is 5.91. The topological polar surface area (TPSA) is 41.6 Å². The van der Waals surface area contributed by atoms with Crippen molar-refractivity contribution >= 4 is 16.7 Å². The summed E-state index contributed by atoms with van der Waals surface area (Å²) in [5.74, 6) is 0.202. The Labute approximate surface area is 188 Å². The average molecular weight is 451 g/mol. The van der Waals surface area contributed by atoms with Gasteiger partial charge in [-0.05, 0) is 29.5 Å². The first-order chi connectivity index (χ1) is 15.4. The molecule has 1 aliphatic rings. The highest BCUT2D eigenvalue weighted by atomic mass is 19.4. The quantitative estimate of drug-likeness (QED) is 0.366. The second-order valence-corrected chi connectivity index (χ2v) is 8.48. The number of carbonyl (C=O) groups excluding carboxylic acids is 1. The van der Waals surface area contributed by atoms with E-state index in [-0.39, 0.29) is 18.5 Å². The van der Waals surface area contributed by atoms with E-state index in [2.05, 4.69) is 12.3 Å². The zero-order valence-corrected chi connectivity index (χ0v) is 18.7. The van der Waals surface area contributed by atoms with Crippen molar-refractivity contribution in [2.45, 2.75) is 76.9 Å². The first-order valence-electron chi connectivity index (χ1n) is 11.7. The fourth-order valence-corrected chi connectivity index (χ4v) is 4.21. The van der Waals surface area contributed by atoms with Gasteiger partial charge in [0.05, 0.1) is 6.61 Å². The highest BCUT2D eigenvalue weighted by Gasteiger charge is 2.47. The van der Waals surface area contributed by atoms with Crippen LogP contribution in [0.4, 0.5) is 13.2 Å². The molecule has 1 amide bonds. The van der Waals surface area contributed by atoms with Crippen LogP contribution in [-0.2, 0) is 4.79 Å². The second-order valence-electron chi connectivity index (χ2n) is 8.48. The van der Waals surface area contributed by atoms with E-state index in [0.29, 0.717) is 17.7 Å². The number of ether oxygens (including phenoxy) is 1. The SMILES string of the molecule is CCCCCCCCCCOc1cccc2ccc(C(N3CCC(=O)N3)C(F)(F)F)cc12. The molecule has 0 aromatic heterocycles. The van der Waals surface area contributed by atoms with E-state index >= 15 is 0 Å². The second kappa shape index (κ2) is 11.5. The number of hydrogen-bond donors (Lipinski definition) is 1. The molecule has 0 aliphatic carbocycles. The van der Waals surface area contributed by atoms with Gasteiger partial charge in [-0.25, -0.2) is 5.01 Å². The minimum atomic E-state index is -4.52. The molecule has 1 N–H and O–H groups in total. The largest absolute Gasteiger partial charge is 0.493 e. The van der Waals surface area contributed by atoms with E-state index in [1.165, 1.54) is 44.6 Å². The lowest BCUT2D eigenvalue weighted by Gasteiger charge is -2.29. The molecule has 0 bridgehead atoms. The van der Waals surface area contributed by atoms with Crippen LogP contribution in [0.1, 0.15) is 76.3 Å². The van der Waals surface area contributed by atoms with Crippen LogP contribution in [0.5, 0.6) is 5.75 Å². The summed E-state index contributed by atoms with van der Waals surface area (Å²) in [4.78, 5) is 11.5. The summed E-state index contributed by atoms with van der Waals surface area (Å²) in [5.41, 5.74) is 2.43. The van der Waals surface area contributed by atoms with Gasteiger partial charge in [-0.1, -0.05) is 76.1 Å². The normalized spacial score (nSPS) is 15.8. The number of alkyl halides is 3. The number of rotatable bonds is 12. The summed E-state index contributed by atoms with van der Waals surface area (Å²) in [6, 6.07) is 8.34. The lowest BCUT2D eigenvalue weighted by molar-refractivity contribution is -0.191. The first kappa shape index (κ1) is 24.4. The van der Waals surface area contributed by atoms with E-state index in [9.17, 15) is 18.0 Å². The van der Waals surface area contributed by atoms with Crippen LogP contribution in [0.15, 0.2) is 36.4 Å². The number of fused-ring (bicyclic) bond motifs is 1. The Morgan fingerprint density at radius 2 is 1.75 bits per heavy atom. The Balaban J connectivity index is 1.66. The van der Waals surface area contributed by atoms with Crippen LogP contribution in [0.2, 0.25) is 0 Å². The number of carbonyl (C=O) groups is 1. The number of amides is 1. The van der Waals surface area contributed by atoms with E-state index in [1.54, 1.807) is 18.2 Å². The number of hydrazine groups is 1. The van der Waals surface area contributed by atoms with Gasteiger partial charge in [-0.15, -0.1) is 0 Å². The monoisotopic (exact) mass is 450 g/mol. The van der Waals surface area contributed by atoms with Crippen molar-refractivity contribution in [1.82, 2.24) is 10.4 Å². The molecule has 1 atom stereocenters. The Hall–Kier alpha value is -2.28. The van der Waals surface area contributed by atoms with Crippen molar-refractivity contribution in [3.05, 3.63) is 42.0 Å². The third-order valence-corrected chi connectivity index (χ3v) is 5.91. The van der Waals surface area contributed by atoms with Crippen molar-refractivity contribution in [2.75, 3.05) is 13.2 Å². The number of nitrogens with one attached hydrogen (secondary N) is 1. The molecule has 3 rings (SSSR count). The first-order valence-corrected chi connectivity index (χ1v) is 11.7. The van der Waals surface area contributed by atoms with Crippen LogP contribution in [0.3, 0.4) is 0 Å². The van der Waals surface area contributed by atoms with Gasteiger partial charge in [0.2, 0.25) is 5.91 Å². The summed E-state index contributed by atoms with van der Waals surface area (Å²) in [5, 5.41) is 2.46. The summed E-state index contributed by atoms with van der Waals surface area (Å²) >= 11 is 0. The van der Waals surface area contributed by atoms with Gasteiger partial charge in [-0.3, -0.25) is 10.2 Å². The minimum Gasteiger partial charge on any atom is -0.493 e. The molecule has 32 heavy (non-hydrogen) atoms. The van der Waals surface area contributed by atoms with Crippen LogP contribution in [-0.4, -0.2) is 30.2 Å². The van der Waals surface area contributed by atoms with E-state index in [1.807, 2.05) is 12.1 Å². The van der Waals surface area contributed by atoms with Gasteiger partial charge in [-0.2, -0.15) is 13.2 Å². The molecule has 4 nitrogen and oxygen atoms in total. The molecule has 0 radical (unpaired) electrons. The molecule has 2 aromatic carbocycles. The molecular weight excluding hydrogens is 417 g/mol. The smallest absolute Gasteiger partial charge is 0.409 e. The molecule has 1 aliphatic heterocycles. The van der Waals surface area contributed by atoms with Crippen LogP contribution in [0.25, 0.3) is 10.8 Å². The zero-order chi connectivity index (χ0) is 23.0. The molecule has 0 saturated carbocycles. The lowest BCUT2D eigenvalue weighted by Crippen LogP contribution is -2.43. The van der Waals surface area contributed by atoms with Crippen molar-refractivity contribution in [3.8, 4) is 5.75 Å². The molecule has 7 heteroatoms. The molecule has 1 heterocycles. The number of hydrogen-bond acceptors (Lipinski definition) is 3. The fraction of sp³-hybridized carbons (Fsp3) is 0.560. The van der Waals surface area contributed by atoms with E-state index in [0.717, 1.165) is 23.2 Å². The van der Waals surface area contributed by atoms with Gasteiger partial charge in [0.25, 0.3) is 0 Å². The van der Waals surface area contributed by atoms with Crippen molar-refractivity contribution in [3.63, 3.8) is 0 Å². The third kappa shape index (κ3) is 6.61. The Bertz CT molecular complexity index is 885. The van der Waals surface area contributed by atoms with Crippen molar-refractivity contribution in [2.24, 2.45) is 0 Å². The molecular formula is C25H33F3N2O2. The maximum atomic E-state index is 13.9. The van der Waals surface area contributed by atoms with Crippen LogP contribution in [0, 0.1) is 0 Å². The number of unbranched alkanes of at least 4 members (excludes halogenated alkanes) is 7.